The predicted octanol–water partition coefficient (Wildman–Crippen LogP) is 2.38. The first-order chi connectivity index (χ1) is 10.9. The molecule has 1 amide bonds. The van der Waals surface area contributed by atoms with Crippen LogP contribution in [0.4, 0.5) is 0 Å². The van der Waals surface area contributed by atoms with Crippen LogP contribution in [0.2, 0.25) is 0 Å². The minimum atomic E-state index is -0.682. The number of fused-ring (bicyclic) bond motifs is 1. The summed E-state index contributed by atoms with van der Waals surface area (Å²) in [7, 11) is 3.24. The Morgan fingerprint density at radius 1 is 1.35 bits per heavy atom. The average Bonchev–Trinajstić information content (AvgIpc) is 2.85. The molecule has 126 valence electrons. The van der Waals surface area contributed by atoms with Crippen LogP contribution in [0.3, 0.4) is 0 Å². The molecule has 0 fully saturated rings. The molecule has 0 radical (unpaired) electrons. The monoisotopic (exact) mass is 318 g/mol. The van der Waals surface area contributed by atoms with Crippen molar-refractivity contribution >= 4 is 16.8 Å². The fourth-order valence-corrected chi connectivity index (χ4v) is 2.81. The molecule has 1 atom stereocenters. The van der Waals surface area contributed by atoms with Crippen molar-refractivity contribution in [1.82, 2.24) is 9.47 Å². The van der Waals surface area contributed by atoms with Crippen molar-refractivity contribution in [2.75, 3.05) is 27.3 Å². The number of carbonyl (C=O) groups is 1. The van der Waals surface area contributed by atoms with Gasteiger partial charge in [-0.3, -0.25) is 4.79 Å². The van der Waals surface area contributed by atoms with E-state index in [4.69, 9.17) is 4.74 Å². The molecule has 5 nitrogen and oxygen atoms in total. The lowest BCUT2D eigenvalue weighted by atomic mass is 10.1. The number of benzene rings is 1. The summed E-state index contributed by atoms with van der Waals surface area (Å²) in [6.07, 6.45) is 1.24. The van der Waals surface area contributed by atoms with Gasteiger partial charge in [-0.1, -0.05) is 32.0 Å². The Balaban J connectivity index is 2.29. The van der Waals surface area contributed by atoms with E-state index in [1.807, 2.05) is 30.5 Å². The second-order valence-electron chi connectivity index (χ2n) is 6.40. The molecule has 0 bridgehead atoms. The minimum Gasteiger partial charge on any atom is -0.389 e. The number of methoxy groups -OCH3 is 1. The third kappa shape index (κ3) is 4.12. The summed E-state index contributed by atoms with van der Waals surface area (Å²) in [4.78, 5) is 14.3. The molecule has 0 saturated carbocycles. The Bertz CT molecular complexity index is 663. The largest absolute Gasteiger partial charge is 0.389 e. The molecule has 1 heterocycles. The highest BCUT2D eigenvalue weighted by atomic mass is 16.5. The fraction of sp³-hybridized carbons (Fsp3) is 0.500. The Kier molecular flexibility index (Phi) is 5.80. The summed E-state index contributed by atoms with van der Waals surface area (Å²) in [6.45, 7) is 5.64. The van der Waals surface area contributed by atoms with Crippen LogP contribution in [-0.2, 0) is 11.3 Å². The number of hydrogen-bond acceptors (Lipinski definition) is 3. The van der Waals surface area contributed by atoms with Gasteiger partial charge in [0.05, 0.1) is 18.3 Å². The molecular weight excluding hydrogens is 292 g/mol. The van der Waals surface area contributed by atoms with Gasteiger partial charge in [0.2, 0.25) is 0 Å². The quantitative estimate of drug-likeness (QED) is 0.853. The predicted molar refractivity (Wildman–Crippen MR) is 91.6 cm³/mol. The number of nitrogens with zero attached hydrogens (tertiary/aromatic N) is 2. The van der Waals surface area contributed by atoms with E-state index in [-0.39, 0.29) is 19.1 Å². The summed E-state index contributed by atoms with van der Waals surface area (Å²) in [5.41, 5.74) is 1.74. The highest BCUT2D eigenvalue weighted by molar-refractivity contribution is 6.06. The third-order valence-electron chi connectivity index (χ3n) is 3.77. The first-order valence-corrected chi connectivity index (χ1v) is 7.94. The summed E-state index contributed by atoms with van der Waals surface area (Å²) in [5.74, 6) is 0.411. The molecule has 5 heteroatoms. The molecule has 2 rings (SSSR count). The standard InChI is InChI=1S/C18H26N2O3/c1-13(2)9-20-11-16(15-7-5-6-8-17(15)20)18(22)19(3)10-14(21)12-23-4/h5-8,11,13-14,21H,9-10,12H2,1-4H3. The van der Waals surface area contributed by atoms with Crippen LogP contribution in [0.25, 0.3) is 10.9 Å². The van der Waals surface area contributed by atoms with Gasteiger partial charge >= 0.3 is 0 Å². The normalized spacial score (nSPS) is 12.8. The summed E-state index contributed by atoms with van der Waals surface area (Å²) in [5, 5.41) is 10.8. The van der Waals surface area contributed by atoms with E-state index in [1.165, 1.54) is 7.11 Å². The second-order valence-corrected chi connectivity index (χ2v) is 6.40. The Morgan fingerprint density at radius 3 is 2.70 bits per heavy atom. The smallest absolute Gasteiger partial charge is 0.255 e. The molecule has 23 heavy (non-hydrogen) atoms. The summed E-state index contributed by atoms with van der Waals surface area (Å²) in [6, 6.07) is 7.94. The summed E-state index contributed by atoms with van der Waals surface area (Å²) < 4.78 is 7.05. The number of amides is 1. The molecule has 0 spiro atoms. The van der Waals surface area contributed by atoms with E-state index in [0.29, 0.717) is 11.5 Å². The van der Waals surface area contributed by atoms with Crippen molar-refractivity contribution in [2.45, 2.75) is 26.5 Å². The zero-order valence-electron chi connectivity index (χ0n) is 14.3. The van der Waals surface area contributed by atoms with Crippen molar-refractivity contribution in [1.29, 1.82) is 0 Å². The number of para-hydroxylation sites is 1. The van der Waals surface area contributed by atoms with Crippen molar-refractivity contribution in [3.8, 4) is 0 Å². The first kappa shape index (κ1) is 17.5. The second kappa shape index (κ2) is 7.62. The number of rotatable bonds is 7. The van der Waals surface area contributed by atoms with Crippen molar-refractivity contribution < 1.29 is 14.6 Å². The lowest BCUT2D eigenvalue weighted by molar-refractivity contribution is 0.0381. The van der Waals surface area contributed by atoms with E-state index in [1.54, 1.807) is 11.9 Å². The number of aromatic nitrogens is 1. The molecular formula is C18H26N2O3. The molecule has 0 saturated heterocycles. The van der Waals surface area contributed by atoms with Crippen LogP contribution in [-0.4, -0.2) is 53.9 Å². The number of hydrogen-bond donors (Lipinski definition) is 1. The SMILES string of the molecule is COCC(O)CN(C)C(=O)c1cn(CC(C)C)c2ccccc12. The van der Waals surface area contributed by atoms with Crippen molar-refractivity contribution in [3.63, 3.8) is 0 Å². The third-order valence-corrected chi connectivity index (χ3v) is 3.77. The van der Waals surface area contributed by atoms with E-state index in [9.17, 15) is 9.90 Å². The number of aliphatic hydroxyl groups excluding tert-OH is 1. The Labute approximate surface area is 137 Å². The van der Waals surface area contributed by atoms with Gasteiger partial charge in [0.25, 0.3) is 5.91 Å². The highest BCUT2D eigenvalue weighted by Crippen LogP contribution is 2.23. The molecule has 2 aromatic rings. The van der Waals surface area contributed by atoms with Crippen LogP contribution >= 0.6 is 0 Å². The van der Waals surface area contributed by atoms with Crippen LogP contribution in [0.5, 0.6) is 0 Å². The lowest BCUT2D eigenvalue weighted by Gasteiger charge is -2.20. The topological polar surface area (TPSA) is 54.7 Å². The van der Waals surface area contributed by atoms with Crippen molar-refractivity contribution in [3.05, 3.63) is 36.0 Å². The van der Waals surface area contributed by atoms with E-state index in [2.05, 4.69) is 18.4 Å². The molecule has 0 aliphatic heterocycles. The molecule has 1 N–H and O–H groups in total. The van der Waals surface area contributed by atoms with Gasteiger partial charge in [-0.2, -0.15) is 0 Å². The van der Waals surface area contributed by atoms with Gasteiger partial charge < -0.3 is 19.3 Å². The maximum absolute atomic E-state index is 12.8. The zero-order valence-corrected chi connectivity index (χ0v) is 14.3. The fourth-order valence-electron chi connectivity index (χ4n) is 2.81. The number of likely N-dealkylation sites (N-methyl/N-ethyl adjacent to an activating group) is 1. The molecule has 1 aromatic heterocycles. The highest BCUT2D eigenvalue weighted by Gasteiger charge is 2.20. The number of aliphatic hydroxyl groups is 1. The van der Waals surface area contributed by atoms with Crippen LogP contribution < -0.4 is 0 Å². The zero-order chi connectivity index (χ0) is 17.0. The van der Waals surface area contributed by atoms with Crippen LogP contribution in [0.1, 0.15) is 24.2 Å². The van der Waals surface area contributed by atoms with Gasteiger partial charge in [-0.05, 0) is 12.0 Å². The first-order valence-electron chi connectivity index (χ1n) is 7.94. The van der Waals surface area contributed by atoms with Gasteiger partial charge in [-0.15, -0.1) is 0 Å². The number of carbonyl (C=O) groups excluding carboxylic acids is 1. The Hall–Kier alpha value is -1.85. The number of ether oxygens (including phenoxy) is 1. The van der Waals surface area contributed by atoms with E-state index < -0.39 is 6.10 Å². The molecule has 1 unspecified atom stereocenters. The van der Waals surface area contributed by atoms with Crippen molar-refractivity contribution in [2.24, 2.45) is 5.92 Å². The minimum absolute atomic E-state index is 0.0844. The van der Waals surface area contributed by atoms with Crippen LogP contribution in [0.15, 0.2) is 30.5 Å². The summed E-state index contributed by atoms with van der Waals surface area (Å²) >= 11 is 0. The molecule has 0 aliphatic carbocycles. The average molecular weight is 318 g/mol. The molecule has 0 aliphatic rings. The maximum Gasteiger partial charge on any atom is 0.255 e. The van der Waals surface area contributed by atoms with Gasteiger partial charge in [-0.25, -0.2) is 0 Å². The maximum atomic E-state index is 12.8. The molecule has 1 aromatic carbocycles. The Morgan fingerprint density at radius 2 is 2.04 bits per heavy atom. The van der Waals surface area contributed by atoms with E-state index >= 15 is 0 Å². The van der Waals surface area contributed by atoms with E-state index in [0.717, 1.165) is 17.4 Å². The van der Waals surface area contributed by atoms with Gasteiger partial charge in [0.1, 0.15) is 0 Å². The van der Waals surface area contributed by atoms with Gasteiger partial charge in [0.15, 0.2) is 0 Å². The lowest BCUT2D eigenvalue weighted by Crippen LogP contribution is -2.36. The van der Waals surface area contributed by atoms with Crippen LogP contribution in [0, 0.1) is 5.92 Å². The van der Waals surface area contributed by atoms with Gasteiger partial charge in [0, 0.05) is 44.3 Å².